The van der Waals surface area contributed by atoms with Gasteiger partial charge in [0, 0.05) is 12.8 Å². The molecule has 0 radical (unpaired) electrons. The second kappa shape index (κ2) is 48.3. The molecule has 0 aliphatic heterocycles. The Morgan fingerprint density at radius 2 is 0.828 bits per heavy atom. The Balaban J connectivity index is 3.37. The predicted molar refractivity (Wildman–Crippen MR) is 250 cm³/mol. The van der Waals surface area contributed by atoms with Gasteiger partial charge in [0.2, 0.25) is 5.91 Å². The van der Waals surface area contributed by atoms with Gasteiger partial charge in [-0.05, 0) is 44.9 Å². The van der Waals surface area contributed by atoms with E-state index < -0.39 is 12.1 Å². The molecule has 2 atom stereocenters. The second-order valence-corrected chi connectivity index (χ2v) is 17.9. The van der Waals surface area contributed by atoms with Crippen LogP contribution in [0.15, 0.2) is 12.2 Å². The van der Waals surface area contributed by atoms with E-state index in [0.29, 0.717) is 25.9 Å². The molecule has 0 bridgehead atoms. The van der Waals surface area contributed by atoms with E-state index in [1.165, 1.54) is 205 Å². The Hall–Kier alpha value is -1.40. The van der Waals surface area contributed by atoms with Crippen LogP contribution in [0.5, 0.6) is 0 Å². The van der Waals surface area contributed by atoms with Gasteiger partial charge in [0.25, 0.3) is 0 Å². The van der Waals surface area contributed by atoms with Gasteiger partial charge in [-0.15, -0.1) is 0 Å². The summed E-state index contributed by atoms with van der Waals surface area (Å²) in [6.45, 7) is 4.90. The third-order valence-corrected chi connectivity index (χ3v) is 12.1. The summed E-state index contributed by atoms with van der Waals surface area (Å²) < 4.78 is 5.45. The number of aliphatic hydroxyl groups is 2. The highest BCUT2D eigenvalue weighted by Crippen LogP contribution is 2.17. The SMILES string of the molecule is CCCC/C=C\CCCCCCCC(=O)OCCCCCCCCCCCCCCCCCCCCCCC(=O)NC(CO)C(O)CCCCCCCCCCCC. The highest BCUT2D eigenvalue weighted by Gasteiger charge is 2.20. The lowest BCUT2D eigenvalue weighted by Crippen LogP contribution is -2.45. The number of hydrogen-bond acceptors (Lipinski definition) is 5. The van der Waals surface area contributed by atoms with Crippen LogP contribution in [0.3, 0.4) is 0 Å². The molecule has 0 aliphatic rings. The predicted octanol–water partition coefficient (Wildman–Crippen LogP) is 15.3. The molecule has 58 heavy (non-hydrogen) atoms. The lowest BCUT2D eigenvalue weighted by Gasteiger charge is -2.22. The summed E-state index contributed by atoms with van der Waals surface area (Å²) in [5.41, 5.74) is 0. The maximum atomic E-state index is 12.4. The lowest BCUT2D eigenvalue weighted by molar-refractivity contribution is -0.143. The van der Waals surface area contributed by atoms with Crippen LogP contribution in [0.4, 0.5) is 0 Å². The van der Waals surface area contributed by atoms with Crippen molar-refractivity contribution in [2.24, 2.45) is 0 Å². The first kappa shape index (κ1) is 56.6. The minimum absolute atomic E-state index is 0.000617. The van der Waals surface area contributed by atoms with Gasteiger partial charge in [0.15, 0.2) is 0 Å². The molecular weight excluding hydrogens is 719 g/mol. The number of amides is 1. The largest absolute Gasteiger partial charge is 0.466 e. The average Bonchev–Trinajstić information content (AvgIpc) is 3.22. The summed E-state index contributed by atoms with van der Waals surface area (Å²) in [5.74, 6) is -0.0389. The van der Waals surface area contributed by atoms with Crippen LogP contribution in [-0.2, 0) is 14.3 Å². The number of aliphatic hydroxyl groups excluding tert-OH is 2. The number of nitrogens with one attached hydrogen (secondary N) is 1. The first-order valence-corrected chi connectivity index (χ1v) is 25.9. The molecule has 0 rings (SSSR count). The summed E-state index contributed by atoms with van der Waals surface area (Å²) >= 11 is 0. The molecule has 0 fully saturated rings. The fourth-order valence-corrected chi connectivity index (χ4v) is 8.03. The van der Waals surface area contributed by atoms with Crippen molar-refractivity contribution < 1.29 is 24.5 Å². The molecule has 6 heteroatoms. The summed E-state index contributed by atoms with van der Waals surface area (Å²) in [6.07, 6.45) is 54.8. The molecule has 0 saturated carbocycles. The maximum Gasteiger partial charge on any atom is 0.305 e. The standard InChI is InChI=1S/C52H101NO5/c1-3-5-7-9-11-13-25-30-34-38-42-46-52(57)58-47-43-39-35-31-27-24-22-20-18-16-15-17-19-21-23-26-29-33-37-41-45-51(56)53-49(48-54)50(55)44-40-36-32-28-14-12-10-8-6-4-2/h9,11,49-50,54-55H,3-8,10,12-48H2,1-2H3,(H,53,56)/b11-9-. The number of carbonyl (C=O) groups excluding carboxylic acids is 2. The molecule has 0 aromatic heterocycles. The number of unbranched alkanes of at least 4 members (excludes halogenated alkanes) is 35. The third kappa shape index (κ3) is 44.2. The fourth-order valence-electron chi connectivity index (χ4n) is 8.03. The number of rotatable bonds is 48. The minimum Gasteiger partial charge on any atom is -0.466 e. The average molecular weight is 820 g/mol. The fraction of sp³-hybridized carbons (Fsp3) is 0.923. The van der Waals surface area contributed by atoms with Crippen LogP contribution in [0.2, 0.25) is 0 Å². The molecule has 0 heterocycles. The van der Waals surface area contributed by atoms with Crippen LogP contribution in [0.1, 0.15) is 284 Å². The first-order valence-electron chi connectivity index (χ1n) is 25.9. The molecule has 0 spiro atoms. The molecule has 0 saturated heterocycles. The van der Waals surface area contributed by atoms with Gasteiger partial charge in [-0.2, -0.15) is 0 Å². The number of esters is 1. The number of carbonyl (C=O) groups is 2. The zero-order valence-electron chi connectivity index (χ0n) is 39.0. The molecule has 344 valence electrons. The summed E-state index contributed by atoms with van der Waals surface area (Å²) in [5, 5.41) is 23.1. The highest BCUT2D eigenvalue weighted by molar-refractivity contribution is 5.76. The van der Waals surface area contributed by atoms with E-state index in [-0.39, 0.29) is 18.5 Å². The Morgan fingerprint density at radius 1 is 0.466 bits per heavy atom. The van der Waals surface area contributed by atoms with E-state index >= 15 is 0 Å². The highest BCUT2D eigenvalue weighted by atomic mass is 16.5. The molecule has 0 aliphatic carbocycles. The topological polar surface area (TPSA) is 95.9 Å². The quantitative estimate of drug-likeness (QED) is 0.0323. The van der Waals surface area contributed by atoms with Gasteiger partial charge in [0.05, 0.1) is 25.4 Å². The van der Waals surface area contributed by atoms with Crippen LogP contribution in [0.25, 0.3) is 0 Å². The van der Waals surface area contributed by atoms with Gasteiger partial charge in [-0.25, -0.2) is 0 Å². The zero-order valence-corrected chi connectivity index (χ0v) is 39.0. The van der Waals surface area contributed by atoms with E-state index in [9.17, 15) is 19.8 Å². The normalized spacial score (nSPS) is 12.7. The van der Waals surface area contributed by atoms with Crippen molar-refractivity contribution >= 4 is 11.9 Å². The van der Waals surface area contributed by atoms with Gasteiger partial charge in [-0.1, -0.05) is 238 Å². The van der Waals surface area contributed by atoms with Gasteiger partial charge in [-0.3, -0.25) is 9.59 Å². The lowest BCUT2D eigenvalue weighted by atomic mass is 10.0. The summed E-state index contributed by atoms with van der Waals surface area (Å²) in [4.78, 5) is 24.4. The number of allylic oxidation sites excluding steroid dienone is 2. The van der Waals surface area contributed by atoms with Crippen molar-refractivity contribution in [3.05, 3.63) is 12.2 Å². The van der Waals surface area contributed by atoms with E-state index in [1.54, 1.807) is 0 Å². The van der Waals surface area contributed by atoms with Crippen LogP contribution in [0, 0.1) is 0 Å². The molecule has 2 unspecified atom stereocenters. The molecule has 0 aromatic carbocycles. The van der Waals surface area contributed by atoms with Crippen molar-refractivity contribution in [1.29, 1.82) is 0 Å². The monoisotopic (exact) mass is 820 g/mol. The molecule has 1 amide bonds. The van der Waals surface area contributed by atoms with Crippen molar-refractivity contribution in [2.75, 3.05) is 13.2 Å². The van der Waals surface area contributed by atoms with E-state index in [1.807, 2.05) is 0 Å². The van der Waals surface area contributed by atoms with Crippen LogP contribution in [-0.4, -0.2) is 47.4 Å². The van der Waals surface area contributed by atoms with Gasteiger partial charge >= 0.3 is 5.97 Å². The molecule has 0 aromatic rings. The molecule has 3 N–H and O–H groups in total. The van der Waals surface area contributed by atoms with Crippen molar-refractivity contribution in [3.8, 4) is 0 Å². The van der Waals surface area contributed by atoms with Crippen molar-refractivity contribution in [3.63, 3.8) is 0 Å². The number of ether oxygens (including phenoxy) is 1. The Labute approximate surface area is 361 Å². The first-order chi connectivity index (χ1) is 28.5. The second-order valence-electron chi connectivity index (χ2n) is 17.9. The molecular formula is C52H101NO5. The number of hydrogen-bond donors (Lipinski definition) is 3. The molecule has 6 nitrogen and oxygen atoms in total. The third-order valence-electron chi connectivity index (χ3n) is 12.1. The summed E-state index contributed by atoms with van der Waals surface area (Å²) in [6, 6.07) is -0.540. The summed E-state index contributed by atoms with van der Waals surface area (Å²) in [7, 11) is 0. The van der Waals surface area contributed by atoms with E-state index in [0.717, 1.165) is 44.9 Å². The smallest absolute Gasteiger partial charge is 0.305 e. The van der Waals surface area contributed by atoms with Crippen molar-refractivity contribution in [1.82, 2.24) is 5.32 Å². The Bertz CT molecular complexity index is 863. The van der Waals surface area contributed by atoms with Gasteiger partial charge in [0.1, 0.15) is 0 Å². The van der Waals surface area contributed by atoms with Crippen LogP contribution >= 0.6 is 0 Å². The minimum atomic E-state index is -0.662. The van der Waals surface area contributed by atoms with Gasteiger partial charge < -0.3 is 20.3 Å². The van der Waals surface area contributed by atoms with Crippen LogP contribution < -0.4 is 5.32 Å². The van der Waals surface area contributed by atoms with Crippen molar-refractivity contribution in [2.45, 2.75) is 296 Å². The maximum absolute atomic E-state index is 12.4. The van der Waals surface area contributed by atoms with E-state index in [4.69, 9.17) is 4.74 Å². The van der Waals surface area contributed by atoms with E-state index in [2.05, 4.69) is 31.3 Å². The Morgan fingerprint density at radius 3 is 1.28 bits per heavy atom. The zero-order chi connectivity index (χ0) is 42.3. The Kier molecular flexibility index (Phi) is 47.1.